The third-order valence-corrected chi connectivity index (χ3v) is 5.55. The summed E-state index contributed by atoms with van der Waals surface area (Å²) in [5.41, 5.74) is 1.67. The zero-order valence-electron chi connectivity index (χ0n) is 16.6. The molecule has 1 aromatic carbocycles. The summed E-state index contributed by atoms with van der Waals surface area (Å²) in [5.74, 6) is 1.84. The lowest BCUT2D eigenvalue weighted by molar-refractivity contribution is 0.337. The number of ether oxygens (including phenoxy) is 1. The maximum atomic E-state index is 12.5. The highest BCUT2D eigenvalue weighted by atomic mass is 32.2. The molecule has 0 aliphatic carbocycles. The molecule has 0 unspecified atom stereocenters. The molecule has 0 fully saturated rings. The molecule has 2 aromatic heterocycles. The van der Waals surface area contributed by atoms with E-state index in [1.165, 1.54) is 6.07 Å². The summed E-state index contributed by atoms with van der Waals surface area (Å²) in [4.78, 5) is 0.206. The molecule has 3 aromatic rings. The van der Waals surface area contributed by atoms with E-state index in [9.17, 15) is 8.42 Å². The highest BCUT2D eigenvalue weighted by Crippen LogP contribution is 2.21. The van der Waals surface area contributed by atoms with E-state index in [0.717, 1.165) is 11.3 Å². The maximum Gasteiger partial charge on any atom is 0.240 e. The van der Waals surface area contributed by atoms with Crippen LogP contribution in [0.25, 0.3) is 5.82 Å². The van der Waals surface area contributed by atoms with Gasteiger partial charge < -0.3 is 10.1 Å². The number of anilines is 1. The molecule has 9 nitrogen and oxygen atoms in total. The van der Waals surface area contributed by atoms with Crippen molar-refractivity contribution in [3.63, 3.8) is 0 Å². The Bertz CT molecular complexity index is 1060. The van der Waals surface area contributed by atoms with Crippen LogP contribution < -0.4 is 14.8 Å². The third-order valence-electron chi connectivity index (χ3n) is 4.09. The van der Waals surface area contributed by atoms with Crippen molar-refractivity contribution in [3.8, 4) is 11.6 Å². The Morgan fingerprint density at radius 3 is 2.52 bits per heavy atom. The van der Waals surface area contributed by atoms with Crippen LogP contribution in [-0.4, -0.2) is 48.1 Å². The van der Waals surface area contributed by atoms with E-state index < -0.39 is 10.0 Å². The maximum absolute atomic E-state index is 12.5. The molecule has 2 heterocycles. The number of rotatable bonds is 9. The van der Waals surface area contributed by atoms with E-state index in [4.69, 9.17) is 4.74 Å². The van der Waals surface area contributed by atoms with E-state index in [1.807, 2.05) is 33.0 Å². The average Bonchev–Trinajstić information content (AvgIpc) is 3.14. The third kappa shape index (κ3) is 5.30. The number of hydrogen-bond donors (Lipinski definition) is 2. The first-order chi connectivity index (χ1) is 13.9. The van der Waals surface area contributed by atoms with Crippen LogP contribution in [-0.2, 0) is 10.0 Å². The molecule has 29 heavy (non-hydrogen) atoms. The van der Waals surface area contributed by atoms with Crippen LogP contribution in [0.3, 0.4) is 0 Å². The van der Waals surface area contributed by atoms with Crippen LogP contribution in [0.5, 0.6) is 5.75 Å². The molecule has 0 radical (unpaired) electrons. The van der Waals surface area contributed by atoms with Crippen molar-refractivity contribution in [2.24, 2.45) is 0 Å². The van der Waals surface area contributed by atoms with Crippen LogP contribution >= 0.6 is 0 Å². The second-order valence-corrected chi connectivity index (χ2v) is 8.13. The Kier molecular flexibility index (Phi) is 6.45. The molecule has 0 atom stereocenters. The predicted octanol–water partition coefficient (Wildman–Crippen LogP) is 2.07. The minimum Gasteiger partial charge on any atom is -0.494 e. The number of benzene rings is 1. The van der Waals surface area contributed by atoms with E-state index >= 15 is 0 Å². The van der Waals surface area contributed by atoms with Gasteiger partial charge in [0.05, 0.1) is 17.2 Å². The lowest BCUT2D eigenvalue weighted by atomic mass is 10.2. The fourth-order valence-corrected chi connectivity index (χ4v) is 3.77. The average molecular weight is 417 g/mol. The van der Waals surface area contributed by atoms with Gasteiger partial charge in [-0.1, -0.05) is 0 Å². The van der Waals surface area contributed by atoms with Gasteiger partial charge in [0.1, 0.15) is 11.6 Å². The van der Waals surface area contributed by atoms with Crippen molar-refractivity contribution in [3.05, 3.63) is 53.9 Å². The van der Waals surface area contributed by atoms with Crippen LogP contribution in [0.1, 0.15) is 18.2 Å². The Hall–Kier alpha value is -2.98. The Labute approximate surface area is 170 Å². The van der Waals surface area contributed by atoms with Crippen LogP contribution in [0, 0.1) is 13.8 Å². The van der Waals surface area contributed by atoms with Gasteiger partial charge in [-0.05, 0) is 62.7 Å². The van der Waals surface area contributed by atoms with Gasteiger partial charge in [0.15, 0.2) is 5.82 Å². The Morgan fingerprint density at radius 2 is 1.90 bits per heavy atom. The minimum atomic E-state index is -3.60. The van der Waals surface area contributed by atoms with Crippen molar-refractivity contribution >= 4 is 15.8 Å². The van der Waals surface area contributed by atoms with Gasteiger partial charge in [-0.25, -0.2) is 17.8 Å². The number of nitrogens with one attached hydrogen (secondary N) is 2. The van der Waals surface area contributed by atoms with E-state index in [1.54, 1.807) is 28.9 Å². The molecular formula is C19H24N6O3S. The number of hydrogen-bond acceptors (Lipinski definition) is 7. The van der Waals surface area contributed by atoms with Gasteiger partial charge in [-0.3, -0.25) is 0 Å². The molecule has 154 valence electrons. The van der Waals surface area contributed by atoms with Crippen molar-refractivity contribution < 1.29 is 13.2 Å². The minimum absolute atomic E-state index is 0.205. The molecule has 0 saturated heterocycles. The summed E-state index contributed by atoms with van der Waals surface area (Å²) >= 11 is 0. The molecular weight excluding hydrogens is 392 g/mol. The SMILES string of the molecule is CCOc1ccc(S(=O)(=O)NCCNc2ccc(-n3ccc(C)n3)nn2)cc1C. The van der Waals surface area contributed by atoms with Gasteiger partial charge in [0.25, 0.3) is 0 Å². The smallest absolute Gasteiger partial charge is 0.240 e. The molecule has 0 saturated carbocycles. The molecule has 0 bridgehead atoms. The second kappa shape index (κ2) is 9.01. The van der Waals surface area contributed by atoms with Gasteiger partial charge in [0.2, 0.25) is 10.0 Å². The zero-order chi connectivity index (χ0) is 20.9. The van der Waals surface area contributed by atoms with Crippen LogP contribution in [0.2, 0.25) is 0 Å². The molecule has 0 aliphatic rings. The Morgan fingerprint density at radius 1 is 1.07 bits per heavy atom. The molecule has 0 amide bonds. The molecule has 0 aliphatic heterocycles. The van der Waals surface area contributed by atoms with Crippen molar-refractivity contribution in [2.75, 3.05) is 25.0 Å². The predicted molar refractivity (Wildman–Crippen MR) is 110 cm³/mol. The number of nitrogens with zero attached hydrogens (tertiary/aromatic N) is 4. The summed E-state index contributed by atoms with van der Waals surface area (Å²) in [7, 11) is -3.60. The number of sulfonamides is 1. The summed E-state index contributed by atoms with van der Waals surface area (Å²) < 4.78 is 34.6. The van der Waals surface area contributed by atoms with Gasteiger partial charge in [-0.2, -0.15) is 5.10 Å². The number of aryl methyl sites for hydroxylation is 2. The summed E-state index contributed by atoms with van der Waals surface area (Å²) in [6.07, 6.45) is 1.81. The lowest BCUT2D eigenvalue weighted by Gasteiger charge is -2.11. The molecule has 2 N–H and O–H groups in total. The first kappa shape index (κ1) is 20.7. The quantitative estimate of drug-likeness (QED) is 0.514. The fraction of sp³-hybridized carbons (Fsp3) is 0.316. The van der Waals surface area contributed by atoms with E-state index in [-0.39, 0.29) is 11.4 Å². The van der Waals surface area contributed by atoms with Gasteiger partial charge >= 0.3 is 0 Å². The standard InChI is InChI=1S/C19H24N6O3S/c1-4-28-17-6-5-16(13-14(17)2)29(26,27)21-11-10-20-18-7-8-19(23-22-18)25-12-9-15(3)24-25/h5-9,12-13,21H,4,10-11H2,1-3H3,(H,20,22). The topological polar surface area (TPSA) is 111 Å². The summed E-state index contributed by atoms with van der Waals surface area (Å²) in [6.45, 7) is 6.70. The fourth-order valence-electron chi connectivity index (χ4n) is 2.65. The normalized spacial score (nSPS) is 11.4. The molecule has 0 spiro atoms. The molecule has 10 heteroatoms. The first-order valence-electron chi connectivity index (χ1n) is 9.22. The summed E-state index contributed by atoms with van der Waals surface area (Å²) in [6, 6.07) is 10.2. The van der Waals surface area contributed by atoms with Crippen molar-refractivity contribution in [1.29, 1.82) is 0 Å². The summed E-state index contributed by atoms with van der Waals surface area (Å²) in [5, 5.41) is 15.5. The highest BCUT2D eigenvalue weighted by molar-refractivity contribution is 7.89. The van der Waals surface area contributed by atoms with Crippen LogP contribution in [0.4, 0.5) is 5.82 Å². The molecule has 3 rings (SSSR count). The van der Waals surface area contributed by atoms with Gasteiger partial charge in [-0.15, -0.1) is 10.2 Å². The monoisotopic (exact) mass is 416 g/mol. The first-order valence-corrected chi connectivity index (χ1v) is 10.7. The van der Waals surface area contributed by atoms with Crippen LogP contribution in [0.15, 0.2) is 47.5 Å². The zero-order valence-corrected chi connectivity index (χ0v) is 17.4. The number of aromatic nitrogens is 4. The van der Waals surface area contributed by atoms with Crippen molar-refractivity contribution in [2.45, 2.75) is 25.7 Å². The highest BCUT2D eigenvalue weighted by Gasteiger charge is 2.15. The van der Waals surface area contributed by atoms with E-state index in [2.05, 4.69) is 25.3 Å². The van der Waals surface area contributed by atoms with E-state index in [0.29, 0.717) is 30.5 Å². The second-order valence-electron chi connectivity index (χ2n) is 6.36. The van der Waals surface area contributed by atoms with Gasteiger partial charge in [0, 0.05) is 19.3 Å². The largest absolute Gasteiger partial charge is 0.494 e. The van der Waals surface area contributed by atoms with Crippen molar-refractivity contribution in [1.82, 2.24) is 24.7 Å². The lowest BCUT2D eigenvalue weighted by Crippen LogP contribution is -2.29. The Balaban J connectivity index is 1.52.